The van der Waals surface area contributed by atoms with Crippen LogP contribution in [0.2, 0.25) is 0 Å². The Balaban J connectivity index is 2.71. The van der Waals surface area contributed by atoms with Crippen molar-refractivity contribution >= 4 is 5.57 Å². The van der Waals surface area contributed by atoms with Gasteiger partial charge in [0.1, 0.15) is 0 Å². The van der Waals surface area contributed by atoms with E-state index >= 15 is 0 Å². The van der Waals surface area contributed by atoms with E-state index in [2.05, 4.69) is 30.6 Å². The van der Waals surface area contributed by atoms with Crippen LogP contribution in [-0.4, -0.2) is 6.54 Å². The van der Waals surface area contributed by atoms with Crippen molar-refractivity contribution in [2.75, 3.05) is 6.54 Å². The summed E-state index contributed by atoms with van der Waals surface area (Å²) in [5, 5.41) is 0. The lowest BCUT2D eigenvalue weighted by Gasteiger charge is -2.00. The van der Waals surface area contributed by atoms with Gasteiger partial charge in [0, 0.05) is 6.54 Å². The molecule has 0 amide bonds. The minimum Gasteiger partial charge on any atom is -0.271 e. The molecule has 0 aliphatic heterocycles. The molecule has 0 unspecified atom stereocenters. The van der Waals surface area contributed by atoms with Crippen LogP contribution in [0.25, 0.3) is 5.57 Å². The lowest BCUT2D eigenvalue weighted by Crippen LogP contribution is -2.21. The molecule has 0 fully saturated rings. The Morgan fingerprint density at radius 3 is 2.67 bits per heavy atom. The smallest absolute Gasteiger partial charge is 0.0284 e. The highest BCUT2D eigenvalue weighted by Gasteiger charge is 1.91. The molecule has 0 bridgehead atoms. The maximum absolute atomic E-state index is 5.16. The highest BCUT2D eigenvalue weighted by molar-refractivity contribution is 5.63. The van der Waals surface area contributed by atoms with E-state index in [1.54, 1.807) is 0 Å². The number of benzene rings is 1. The van der Waals surface area contributed by atoms with Crippen LogP contribution < -0.4 is 11.3 Å². The molecule has 0 aliphatic rings. The Kier molecular flexibility index (Phi) is 3.51. The van der Waals surface area contributed by atoms with E-state index in [1.165, 1.54) is 11.1 Å². The SMILES string of the molecule is C/C(=C/CNN)c1ccccc1. The van der Waals surface area contributed by atoms with Crippen LogP contribution in [0.5, 0.6) is 0 Å². The summed E-state index contributed by atoms with van der Waals surface area (Å²) in [5.41, 5.74) is 5.08. The van der Waals surface area contributed by atoms with E-state index < -0.39 is 0 Å². The van der Waals surface area contributed by atoms with E-state index in [4.69, 9.17) is 5.84 Å². The first-order valence-corrected chi connectivity index (χ1v) is 4.00. The van der Waals surface area contributed by atoms with Crippen LogP contribution in [-0.2, 0) is 0 Å². The molecule has 0 spiro atoms. The number of hydrazine groups is 1. The quantitative estimate of drug-likeness (QED) is 0.523. The van der Waals surface area contributed by atoms with Gasteiger partial charge in [-0.25, -0.2) is 0 Å². The molecule has 0 radical (unpaired) electrons. The number of rotatable bonds is 3. The Hall–Kier alpha value is -1.12. The van der Waals surface area contributed by atoms with Gasteiger partial charge in [0.2, 0.25) is 0 Å². The lowest BCUT2D eigenvalue weighted by atomic mass is 10.1. The predicted molar refractivity (Wildman–Crippen MR) is 52.3 cm³/mol. The molecule has 0 aliphatic carbocycles. The molecule has 1 aromatic rings. The van der Waals surface area contributed by atoms with Gasteiger partial charge in [0.25, 0.3) is 0 Å². The van der Waals surface area contributed by atoms with Crippen LogP contribution in [0.1, 0.15) is 12.5 Å². The highest BCUT2D eigenvalue weighted by atomic mass is 15.2. The molecule has 0 aromatic heterocycles. The van der Waals surface area contributed by atoms with Crippen molar-refractivity contribution in [3.05, 3.63) is 42.0 Å². The van der Waals surface area contributed by atoms with Crippen molar-refractivity contribution in [2.24, 2.45) is 5.84 Å². The largest absolute Gasteiger partial charge is 0.271 e. The van der Waals surface area contributed by atoms with Gasteiger partial charge in [-0.2, -0.15) is 0 Å². The van der Waals surface area contributed by atoms with Gasteiger partial charge in [-0.3, -0.25) is 11.3 Å². The average Bonchev–Trinajstić information content (AvgIpc) is 2.15. The molecule has 1 rings (SSSR count). The molecule has 12 heavy (non-hydrogen) atoms. The number of nitrogens with two attached hydrogens (primary N) is 1. The number of hydrogen-bond donors (Lipinski definition) is 2. The molecule has 0 atom stereocenters. The molecule has 1 aromatic carbocycles. The fourth-order valence-electron chi connectivity index (χ4n) is 1.03. The summed E-state index contributed by atoms with van der Waals surface area (Å²) in [5.74, 6) is 5.16. The predicted octanol–water partition coefficient (Wildman–Crippen LogP) is 1.55. The third-order valence-electron chi connectivity index (χ3n) is 1.76. The van der Waals surface area contributed by atoms with Gasteiger partial charge in [0.15, 0.2) is 0 Å². The Bertz CT molecular complexity index is 252. The van der Waals surface area contributed by atoms with Crippen molar-refractivity contribution in [3.8, 4) is 0 Å². The first-order valence-electron chi connectivity index (χ1n) is 4.00. The summed E-state index contributed by atoms with van der Waals surface area (Å²) < 4.78 is 0. The number of allylic oxidation sites excluding steroid dienone is 1. The molecule has 0 saturated heterocycles. The van der Waals surface area contributed by atoms with Crippen molar-refractivity contribution < 1.29 is 0 Å². The zero-order valence-electron chi connectivity index (χ0n) is 7.25. The zero-order valence-corrected chi connectivity index (χ0v) is 7.25. The molecular weight excluding hydrogens is 148 g/mol. The van der Waals surface area contributed by atoms with Gasteiger partial charge in [0.05, 0.1) is 0 Å². The van der Waals surface area contributed by atoms with Crippen molar-refractivity contribution in [2.45, 2.75) is 6.92 Å². The monoisotopic (exact) mass is 162 g/mol. The van der Waals surface area contributed by atoms with Crippen LogP contribution >= 0.6 is 0 Å². The summed E-state index contributed by atoms with van der Waals surface area (Å²) in [4.78, 5) is 0. The summed E-state index contributed by atoms with van der Waals surface area (Å²) in [6.07, 6.45) is 2.06. The van der Waals surface area contributed by atoms with Gasteiger partial charge in [-0.05, 0) is 18.1 Å². The molecular formula is C10H14N2. The van der Waals surface area contributed by atoms with Crippen LogP contribution in [0, 0.1) is 0 Å². The molecule has 64 valence electrons. The third kappa shape index (κ3) is 2.49. The van der Waals surface area contributed by atoms with Crippen molar-refractivity contribution in [1.29, 1.82) is 0 Å². The standard InChI is InChI=1S/C10H14N2/c1-9(7-8-12-11)10-5-3-2-4-6-10/h2-7,12H,8,11H2,1H3/b9-7-. The van der Waals surface area contributed by atoms with E-state index in [0.717, 1.165) is 0 Å². The minimum absolute atomic E-state index is 0.709. The van der Waals surface area contributed by atoms with E-state index in [9.17, 15) is 0 Å². The number of nitrogens with one attached hydrogen (secondary N) is 1. The van der Waals surface area contributed by atoms with Crippen LogP contribution in [0.3, 0.4) is 0 Å². The lowest BCUT2D eigenvalue weighted by molar-refractivity contribution is 0.824. The van der Waals surface area contributed by atoms with Crippen molar-refractivity contribution in [3.63, 3.8) is 0 Å². The first kappa shape index (κ1) is 8.97. The minimum atomic E-state index is 0.709. The summed E-state index contributed by atoms with van der Waals surface area (Å²) >= 11 is 0. The fraction of sp³-hybridized carbons (Fsp3) is 0.200. The number of hydrogen-bond acceptors (Lipinski definition) is 2. The first-order chi connectivity index (χ1) is 5.84. The molecule has 3 N–H and O–H groups in total. The average molecular weight is 162 g/mol. The molecule has 2 nitrogen and oxygen atoms in total. The maximum Gasteiger partial charge on any atom is 0.0284 e. The Labute approximate surface area is 73.1 Å². The van der Waals surface area contributed by atoms with Crippen molar-refractivity contribution in [1.82, 2.24) is 5.43 Å². The summed E-state index contributed by atoms with van der Waals surface area (Å²) in [6.45, 7) is 2.79. The third-order valence-corrected chi connectivity index (χ3v) is 1.76. The second-order valence-corrected chi connectivity index (χ2v) is 2.66. The Morgan fingerprint density at radius 1 is 1.42 bits per heavy atom. The van der Waals surface area contributed by atoms with Gasteiger partial charge in [-0.15, -0.1) is 0 Å². The van der Waals surface area contributed by atoms with E-state index in [0.29, 0.717) is 6.54 Å². The zero-order chi connectivity index (χ0) is 8.81. The normalized spacial score (nSPS) is 11.7. The molecule has 0 heterocycles. The topological polar surface area (TPSA) is 38.0 Å². The molecule has 2 heteroatoms. The second kappa shape index (κ2) is 4.70. The van der Waals surface area contributed by atoms with Gasteiger partial charge < -0.3 is 0 Å². The van der Waals surface area contributed by atoms with E-state index in [1.807, 2.05) is 18.2 Å². The summed E-state index contributed by atoms with van der Waals surface area (Å²) in [6, 6.07) is 10.2. The van der Waals surface area contributed by atoms with Crippen LogP contribution in [0.15, 0.2) is 36.4 Å². The van der Waals surface area contributed by atoms with Gasteiger partial charge in [-0.1, -0.05) is 36.4 Å². The second-order valence-electron chi connectivity index (χ2n) is 2.66. The highest BCUT2D eigenvalue weighted by Crippen LogP contribution is 2.11. The van der Waals surface area contributed by atoms with E-state index in [-0.39, 0.29) is 0 Å². The van der Waals surface area contributed by atoms with Gasteiger partial charge >= 0.3 is 0 Å². The maximum atomic E-state index is 5.16. The Morgan fingerprint density at radius 2 is 2.08 bits per heavy atom. The van der Waals surface area contributed by atoms with Crippen LogP contribution in [0.4, 0.5) is 0 Å². The molecule has 0 saturated carbocycles. The fourth-order valence-corrected chi connectivity index (χ4v) is 1.03. The summed E-state index contributed by atoms with van der Waals surface area (Å²) in [7, 11) is 0.